The lowest BCUT2D eigenvalue weighted by atomic mass is 10.0. The first-order chi connectivity index (χ1) is 11.2. The molecule has 0 radical (unpaired) electrons. The lowest BCUT2D eigenvalue weighted by Crippen LogP contribution is -2.38. The number of H-pyrrole nitrogens is 1. The van der Waals surface area contributed by atoms with E-state index in [1.54, 1.807) is 17.5 Å². The van der Waals surface area contributed by atoms with Gasteiger partial charge in [0, 0.05) is 23.6 Å². The molecule has 0 saturated carbocycles. The minimum atomic E-state index is 0.0678. The maximum atomic E-state index is 13.1. The van der Waals surface area contributed by atoms with E-state index in [1.165, 1.54) is 10.3 Å². The van der Waals surface area contributed by atoms with Gasteiger partial charge in [0.05, 0.1) is 10.9 Å². The number of carbonyl (C=O) groups excluding carboxylic acids is 1. The highest BCUT2D eigenvalue weighted by Gasteiger charge is 2.30. The number of thiophene rings is 1. The average Bonchev–Trinajstić information content (AvgIpc) is 3.23. The molecule has 2 aromatic heterocycles. The van der Waals surface area contributed by atoms with Crippen LogP contribution < -0.4 is 0 Å². The number of carbonyl (C=O) groups is 1. The SMILES string of the molecule is Cc1ccc2sc(C(=O)N3CCCCC3c3ncc[nH]3)cc2c1. The zero-order valence-corrected chi connectivity index (χ0v) is 13.9. The predicted octanol–water partition coefficient (Wildman–Crippen LogP) is 4.30. The Bertz CT molecular complexity index is 837. The second-order valence-corrected chi connectivity index (χ2v) is 7.22. The van der Waals surface area contributed by atoms with Crippen LogP contribution in [0.15, 0.2) is 36.7 Å². The number of nitrogens with one attached hydrogen (secondary N) is 1. The van der Waals surface area contributed by atoms with Crippen LogP contribution in [0, 0.1) is 6.92 Å². The van der Waals surface area contributed by atoms with E-state index >= 15 is 0 Å². The summed E-state index contributed by atoms with van der Waals surface area (Å²) >= 11 is 1.59. The number of rotatable bonds is 2. The van der Waals surface area contributed by atoms with E-state index in [0.717, 1.165) is 41.9 Å². The second-order valence-electron chi connectivity index (χ2n) is 6.14. The number of piperidine rings is 1. The average molecular weight is 325 g/mol. The van der Waals surface area contributed by atoms with Gasteiger partial charge in [-0.25, -0.2) is 4.98 Å². The van der Waals surface area contributed by atoms with Crippen LogP contribution in [0.2, 0.25) is 0 Å². The number of likely N-dealkylation sites (tertiary alicyclic amines) is 1. The first kappa shape index (κ1) is 14.5. The van der Waals surface area contributed by atoms with E-state index in [1.807, 2.05) is 17.2 Å². The van der Waals surface area contributed by atoms with Gasteiger partial charge in [0.1, 0.15) is 5.82 Å². The Morgan fingerprint density at radius 2 is 2.26 bits per heavy atom. The number of amides is 1. The summed E-state index contributed by atoms with van der Waals surface area (Å²) in [4.78, 5) is 23.4. The lowest BCUT2D eigenvalue weighted by Gasteiger charge is -2.34. The third kappa shape index (κ3) is 2.65. The van der Waals surface area contributed by atoms with Crippen molar-refractivity contribution < 1.29 is 4.79 Å². The van der Waals surface area contributed by atoms with Crippen molar-refractivity contribution in [2.75, 3.05) is 6.54 Å². The van der Waals surface area contributed by atoms with Gasteiger partial charge in [0.15, 0.2) is 0 Å². The molecule has 1 fully saturated rings. The van der Waals surface area contributed by atoms with Crippen LogP contribution >= 0.6 is 11.3 Å². The molecule has 5 heteroatoms. The Morgan fingerprint density at radius 1 is 1.35 bits per heavy atom. The maximum absolute atomic E-state index is 13.1. The number of nitrogens with zero attached hydrogens (tertiary/aromatic N) is 2. The van der Waals surface area contributed by atoms with E-state index < -0.39 is 0 Å². The number of aromatic nitrogens is 2. The Morgan fingerprint density at radius 3 is 3.09 bits per heavy atom. The summed E-state index contributed by atoms with van der Waals surface area (Å²) in [6.45, 7) is 2.88. The molecule has 1 aliphatic rings. The van der Waals surface area contributed by atoms with Crippen LogP contribution in [0.4, 0.5) is 0 Å². The molecule has 3 heterocycles. The second kappa shape index (κ2) is 5.81. The van der Waals surface area contributed by atoms with Gasteiger partial charge in [-0.1, -0.05) is 17.7 Å². The minimum absolute atomic E-state index is 0.0678. The fraction of sp³-hybridized carbons (Fsp3) is 0.333. The highest BCUT2D eigenvalue weighted by atomic mass is 32.1. The number of hydrogen-bond donors (Lipinski definition) is 1. The van der Waals surface area contributed by atoms with Crippen LogP contribution in [0.1, 0.15) is 46.4 Å². The highest BCUT2D eigenvalue weighted by molar-refractivity contribution is 7.20. The molecule has 4 nitrogen and oxygen atoms in total. The summed E-state index contributed by atoms with van der Waals surface area (Å²) in [5.41, 5.74) is 1.22. The third-order valence-electron chi connectivity index (χ3n) is 4.48. The first-order valence-corrected chi connectivity index (χ1v) is 8.84. The van der Waals surface area contributed by atoms with Gasteiger partial charge in [-0.3, -0.25) is 4.79 Å². The van der Waals surface area contributed by atoms with Crippen molar-refractivity contribution in [1.29, 1.82) is 0 Å². The summed E-state index contributed by atoms with van der Waals surface area (Å²) in [7, 11) is 0. The summed E-state index contributed by atoms with van der Waals surface area (Å²) < 4.78 is 1.17. The molecular weight excluding hydrogens is 306 g/mol. The van der Waals surface area contributed by atoms with Crippen molar-refractivity contribution >= 4 is 27.3 Å². The number of aryl methyl sites for hydroxylation is 1. The quantitative estimate of drug-likeness (QED) is 0.763. The van der Waals surface area contributed by atoms with Crippen LogP contribution in [-0.4, -0.2) is 27.3 Å². The van der Waals surface area contributed by atoms with Gasteiger partial charge < -0.3 is 9.88 Å². The van der Waals surface area contributed by atoms with E-state index in [0.29, 0.717) is 0 Å². The van der Waals surface area contributed by atoms with E-state index in [2.05, 4.69) is 35.1 Å². The fourth-order valence-electron chi connectivity index (χ4n) is 3.33. The Balaban J connectivity index is 1.67. The zero-order valence-electron chi connectivity index (χ0n) is 13.1. The largest absolute Gasteiger partial charge is 0.347 e. The highest BCUT2D eigenvalue weighted by Crippen LogP contribution is 2.33. The van der Waals surface area contributed by atoms with E-state index in [9.17, 15) is 4.79 Å². The molecule has 0 bridgehead atoms. The van der Waals surface area contributed by atoms with Crippen molar-refractivity contribution in [3.63, 3.8) is 0 Å². The molecule has 23 heavy (non-hydrogen) atoms. The first-order valence-electron chi connectivity index (χ1n) is 8.03. The van der Waals surface area contributed by atoms with Crippen LogP contribution in [0.3, 0.4) is 0 Å². The molecule has 1 N–H and O–H groups in total. The van der Waals surface area contributed by atoms with Gasteiger partial charge >= 0.3 is 0 Å². The van der Waals surface area contributed by atoms with Crippen molar-refractivity contribution in [3.8, 4) is 0 Å². The molecule has 1 atom stereocenters. The van der Waals surface area contributed by atoms with Crippen molar-refractivity contribution in [2.24, 2.45) is 0 Å². The standard InChI is InChI=1S/C18H19N3OS/c1-12-5-6-15-13(10-12)11-16(23-15)18(22)21-9-3-2-4-14(21)17-19-7-8-20-17/h5-8,10-11,14H,2-4,9H2,1H3,(H,19,20). The van der Waals surface area contributed by atoms with Crippen LogP contribution in [0.25, 0.3) is 10.1 Å². The predicted molar refractivity (Wildman–Crippen MR) is 92.8 cm³/mol. The Kier molecular flexibility index (Phi) is 3.65. The van der Waals surface area contributed by atoms with Crippen molar-refractivity contribution in [1.82, 2.24) is 14.9 Å². The van der Waals surface area contributed by atoms with Gasteiger partial charge in [-0.15, -0.1) is 11.3 Å². The van der Waals surface area contributed by atoms with Gasteiger partial charge in [-0.2, -0.15) is 0 Å². The molecule has 0 aliphatic carbocycles. The Hall–Kier alpha value is -2.14. The molecule has 1 amide bonds. The zero-order chi connectivity index (χ0) is 15.8. The summed E-state index contributed by atoms with van der Waals surface area (Å²) in [5, 5.41) is 1.16. The molecule has 4 rings (SSSR count). The molecule has 3 aromatic rings. The van der Waals surface area contributed by atoms with E-state index in [-0.39, 0.29) is 11.9 Å². The number of hydrogen-bond acceptors (Lipinski definition) is 3. The van der Waals surface area contributed by atoms with Crippen LogP contribution in [0.5, 0.6) is 0 Å². The van der Waals surface area contributed by atoms with Gasteiger partial charge in [-0.05, 0) is 43.7 Å². The summed E-state index contributed by atoms with van der Waals surface area (Å²) in [5.74, 6) is 1.03. The number of imidazole rings is 1. The van der Waals surface area contributed by atoms with Crippen molar-refractivity contribution in [3.05, 3.63) is 52.9 Å². The fourth-order valence-corrected chi connectivity index (χ4v) is 4.33. The molecular formula is C18H19N3OS. The number of fused-ring (bicyclic) bond motifs is 1. The minimum Gasteiger partial charge on any atom is -0.347 e. The Labute approximate surface area is 139 Å². The van der Waals surface area contributed by atoms with Gasteiger partial charge in [0.2, 0.25) is 0 Å². The normalized spacial score (nSPS) is 18.5. The summed E-state index contributed by atoms with van der Waals surface area (Å²) in [6.07, 6.45) is 6.76. The lowest BCUT2D eigenvalue weighted by molar-refractivity contribution is 0.0606. The maximum Gasteiger partial charge on any atom is 0.264 e. The summed E-state index contributed by atoms with van der Waals surface area (Å²) in [6, 6.07) is 8.44. The molecule has 0 spiro atoms. The molecule has 1 aliphatic heterocycles. The van der Waals surface area contributed by atoms with Crippen LogP contribution in [-0.2, 0) is 0 Å². The molecule has 1 unspecified atom stereocenters. The smallest absolute Gasteiger partial charge is 0.264 e. The molecule has 118 valence electrons. The van der Waals surface area contributed by atoms with E-state index in [4.69, 9.17) is 0 Å². The van der Waals surface area contributed by atoms with Crippen molar-refractivity contribution in [2.45, 2.75) is 32.2 Å². The molecule has 1 aromatic carbocycles. The topological polar surface area (TPSA) is 49.0 Å². The third-order valence-corrected chi connectivity index (χ3v) is 5.59. The monoisotopic (exact) mass is 325 g/mol. The number of aromatic amines is 1. The van der Waals surface area contributed by atoms with Gasteiger partial charge in [0.25, 0.3) is 5.91 Å². The number of benzene rings is 1. The molecule has 1 saturated heterocycles.